The number of hydrogen-bond acceptors (Lipinski definition) is 9. The Balaban J connectivity index is 1.34. The topological polar surface area (TPSA) is 111 Å². The van der Waals surface area contributed by atoms with Crippen LogP contribution < -0.4 is 11.1 Å². The first kappa shape index (κ1) is 17.7. The van der Waals surface area contributed by atoms with Crippen LogP contribution in [0.4, 0.5) is 17.6 Å². The fraction of sp³-hybridized carbons (Fsp3) is 0.350. The molecule has 30 heavy (non-hydrogen) atoms. The molecule has 1 saturated heterocycles. The smallest absolute Gasteiger partial charge is 0.248 e. The van der Waals surface area contributed by atoms with Crippen molar-refractivity contribution in [3.05, 3.63) is 40.8 Å². The molecule has 10 heteroatoms. The van der Waals surface area contributed by atoms with E-state index in [1.165, 1.54) is 30.4 Å². The van der Waals surface area contributed by atoms with Crippen molar-refractivity contribution in [3.8, 4) is 5.82 Å². The maximum atomic E-state index is 6.17. The van der Waals surface area contributed by atoms with E-state index in [0.717, 1.165) is 27.9 Å². The van der Waals surface area contributed by atoms with E-state index in [-0.39, 0.29) is 5.95 Å². The van der Waals surface area contributed by atoms with Gasteiger partial charge in [0.1, 0.15) is 6.33 Å². The van der Waals surface area contributed by atoms with Crippen molar-refractivity contribution in [3.63, 3.8) is 0 Å². The Morgan fingerprint density at radius 1 is 1.23 bits per heavy atom. The number of fused-ring (bicyclic) bond motifs is 5. The molecule has 9 nitrogen and oxygen atoms in total. The number of hydrogen-bond donors (Lipinski definition) is 2. The van der Waals surface area contributed by atoms with E-state index >= 15 is 0 Å². The molecular weight excluding hydrogens is 398 g/mol. The highest BCUT2D eigenvalue weighted by atomic mass is 32.1. The van der Waals surface area contributed by atoms with E-state index in [9.17, 15) is 0 Å². The molecule has 0 aliphatic carbocycles. The molecule has 4 aromatic heterocycles. The van der Waals surface area contributed by atoms with Gasteiger partial charge in [-0.25, -0.2) is 9.97 Å². The molecule has 0 radical (unpaired) electrons. The SMILES string of the molecule is Cc1csc2c(-n3nc(Nc4cnc5c(c4)C4CCC(C5)N4C)nc3N)ncnc12. The lowest BCUT2D eigenvalue weighted by atomic mass is 9.98. The van der Waals surface area contributed by atoms with Crippen LogP contribution in [0.2, 0.25) is 0 Å². The van der Waals surface area contributed by atoms with Crippen LogP contribution in [0.3, 0.4) is 0 Å². The molecular formula is C20H21N9S. The zero-order valence-corrected chi connectivity index (χ0v) is 17.5. The lowest BCUT2D eigenvalue weighted by Crippen LogP contribution is -2.34. The van der Waals surface area contributed by atoms with Crippen LogP contribution in [-0.2, 0) is 6.42 Å². The Morgan fingerprint density at radius 3 is 3.03 bits per heavy atom. The Morgan fingerprint density at radius 2 is 2.13 bits per heavy atom. The summed E-state index contributed by atoms with van der Waals surface area (Å²) < 4.78 is 2.50. The lowest BCUT2D eigenvalue weighted by Gasteiger charge is -2.32. The molecule has 1 fully saturated rings. The second-order valence-electron chi connectivity index (χ2n) is 8.00. The first-order valence-electron chi connectivity index (χ1n) is 9.98. The van der Waals surface area contributed by atoms with Crippen LogP contribution in [0.25, 0.3) is 16.0 Å². The van der Waals surface area contributed by atoms with Crippen LogP contribution in [0, 0.1) is 6.92 Å². The Hall–Kier alpha value is -3.11. The minimum absolute atomic E-state index is 0.271. The molecule has 0 spiro atoms. The summed E-state index contributed by atoms with van der Waals surface area (Å²) in [6, 6.07) is 3.24. The van der Waals surface area contributed by atoms with Gasteiger partial charge in [0.05, 0.1) is 22.1 Å². The van der Waals surface area contributed by atoms with E-state index in [0.29, 0.717) is 23.8 Å². The van der Waals surface area contributed by atoms with Gasteiger partial charge in [0.15, 0.2) is 5.82 Å². The van der Waals surface area contributed by atoms with Gasteiger partial charge >= 0.3 is 0 Å². The minimum Gasteiger partial charge on any atom is -0.368 e. The van der Waals surface area contributed by atoms with Crippen molar-refractivity contribution in [1.29, 1.82) is 0 Å². The Bertz CT molecular complexity index is 1280. The predicted molar refractivity (Wildman–Crippen MR) is 116 cm³/mol. The van der Waals surface area contributed by atoms with E-state index in [2.05, 4.69) is 48.8 Å². The largest absolute Gasteiger partial charge is 0.368 e. The van der Waals surface area contributed by atoms with Crippen molar-refractivity contribution >= 4 is 39.1 Å². The summed E-state index contributed by atoms with van der Waals surface area (Å²) in [7, 11) is 2.21. The van der Waals surface area contributed by atoms with Gasteiger partial charge in [0, 0.05) is 24.2 Å². The number of pyridine rings is 1. The average molecular weight is 420 g/mol. The summed E-state index contributed by atoms with van der Waals surface area (Å²) >= 11 is 1.58. The third-order valence-electron chi connectivity index (χ3n) is 6.23. The zero-order chi connectivity index (χ0) is 20.4. The lowest BCUT2D eigenvalue weighted by molar-refractivity contribution is 0.222. The van der Waals surface area contributed by atoms with Crippen LogP contribution in [0.5, 0.6) is 0 Å². The number of nitrogen functional groups attached to an aromatic ring is 1. The van der Waals surface area contributed by atoms with Gasteiger partial charge in [-0.05, 0) is 49.4 Å². The average Bonchev–Trinajstić information content (AvgIpc) is 3.36. The molecule has 152 valence electrons. The number of aromatic nitrogens is 6. The second-order valence-corrected chi connectivity index (χ2v) is 8.88. The van der Waals surface area contributed by atoms with Gasteiger partial charge in [0.2, 0.25) is 11.9 Å². The fourth-order valence-electron chi connectivity index (χ4n) is 4.66. The number of thiophene rings is 1. The molecule has 2 unspecified atom stereocenters. The Labute approximate surface area is 177 Å². The van der Waals surface area contributed by atoms with Crippen LogP contribution in [0.1, 0.15) is 35.7 Å². The van der Waals surface area contributed by atoms with E-state index in [4.69, 9.17) is 10.7 Å². The monoisotopic (exact) mass is 419 g/mol. The molecule has 0 amide bonds. The third-order valence-corrected chi connectivity index (χ3v) is 7.32. The summed E-state index contributed by atoms with van der Waals surface area (Å²) in [5.41, 5.74) is 11.6. The van der Waals surface area contributed by atoms with Gasteiger partial charge in [-0.15, -0.1) is 16.4 Å². The quantitative estimate of drug-likeness (QED) is 0.521. The van der Waals surface area contributed by atoms with Crippen molar-refractivity contribution < 1.29 is 0 Å². The number of rotatable bonds is 3. The maximum absolute atomic E-state index is 6.17. The van der Waals surface area contributed by atoms with E-state index in [1.807, 2.05) is 13.1 Å². The normalized spacial score (nSPS) is 20.6. The molecule has 3 N–H and O–H groups in total. The van der Waals surface area contributed by atoms with E-state index < -0.39 is 0 Å². The molecule has 2 bridgehead atoms. The Kier molecular flexibility index (Phi) is 3.81. The van der Waals surface area contributed by atoms with Gasteiger partial charge in [-0.3, -0.25) is 9.88 Å². The highest BCUT2D eigenvalue weighted by Crippen LogP contribution is 2.42. The first-order chi connectivity index (χ1) is 14.6. The zero-order valence-electron chi connectivity index (χ0n) is 16.7. The molecule has 6 heterocycles. The standard InChI is InChI=1S/C20H21N9S/c1-10-8-30-17-16(10)23-9-24-18(17)29-19(21)26-20(27-29)25-11-5-13-14(22-7-11)6-12-3-4-15(13)28(12)2/h5,7-9,12,15H,3-4,6H2,1-2H3,(H3,21,25,26,27). The summed E-state index contributed by atoms with van der Waals surface area (Å²) in [5, 5.41) is 9.88. The summed E-state index contributed by atoms with van der Waals surface area (Å²) in [5.74, 6) is 1.33. The molecule has 2 aliphatic rings. The molecule has 4 aromatic rings. The number of anilines is 3. The number of nitrogens with two attached hydrogens (primary N) is 1. The van der Waals surface area contributed by atoms with Crippen LogP contribution >= 0.6 is 11.3 Å². The number of nitrogens with one attached hydrogen (secondary N) is 1. The predicted octanol–water partition coefficient (Wildman–Crippen LogP) is 2.99. The van der Waals surface area contributed by atoms with E-state index in [1.54, 1.807) is 16.0 Å². The maximum Gasteiger partial charge on any atom is 0.248 e. The fourth-order valence-corrected chi connectivity index (χ4v) is 5.64. The third kappa shape index (κ3) is 2.60. The van der Waals surface area contributed by atoms with Crippen molar-refractivity contribution in [2.45, 2.75) is 38.3 Å². The van der Waals surface area contributed by atoms with Gasteiger partial charge < -0.3 is 11.1 Å². The molecule has 0 saturated carbocycles. The molecule has 6 rings (SSSR count). The van der Waals surface area contributed by atoms with Crippen molar-refractivity contribution in [1.82, 2.24) is 34.6 Å². The molecule has 2 aliphatic heterocycles. The van der Waals surface area contributed by atoms with Crippen molar-refractivity contribution in [2.75, 3.05) is 18.1 Å². The first-order valence-corrected chi connectivity index (χ1v) is 10.9. The highest BCUT2D eigenvalue weighted by molar-refractivity contribution is 7.17. The van der Waals surface area contributed by atoms with Gasteiger partial charge in [-0.1, -0.05) is 0 Å². The second kappa shape index (κ2) is 6.44. The summed E-state index contributed by atoms with van der Waals surface area (Å²) in [6.45, 7) is 2.03. The van der Waals surface area contributed by atoms with Crippen LogP contribution in [-0.4, -0.2) is 47.7 Å². The minimum atomic E-state index is 0.271. The van der Waals surface area contributed by atoms with Gasteiger partial charge in [0.25, 0.3) is 0 Å². The molecule has 2 atom stereocenters. The summed E-state index contributed by atoms with van der Waals surface area (Å²) in [4.78, 5) is 20.4. The van der Waals surface area contributed by atoms with Crippen LogP contribution in [0.15, 0.2) is 24.0 Å². The number of aryl methyl sites for hydroxylation is 1. The highest BCUT2D eigenvalue weighted by Gasteiger charge is 2.38. The molecule has 0 aromatic carbocycles. The van der Waals surface area contributed by atoms with Gasteiger partial charge in [-0.2, -0.15) is 9.67 Å². The number of nitrogens with zero attached hydrogens (tertiary/aromatic N) is 7. The summed E-state index contributed by atoms with van der Waals surface area (Å²) in [6.07, 6.45) is 6.82. The van der Waals surface area contributed by atoms with Crippen molar-refractivity contribution in [2.24, 2.45) is 0 Å². The number of likely N-dealkylation sites (N-methyl/N-ethyl adjacent to an activating group) is 1.